The van der Waals surface area contributed by atoms with Gasteiger partial charge in [-0.05, 0) is 31.9 Å². The third-order valence-corrected chi connectivity index (χ3v) is 3.76. The quantitative estimate of drug-likeness (QED) is 0.824. The molecule has 3 rings (SSSR count). The molecule has 0 atom stereocenters. The van der Waals surface area contributed by atoms with Gasteiger partial charge in [0.2, 0.25) is 0 Å². The van der Waals surface area contributed by atoms with Gasteiger partial charge < -0.3 is 10.3 Å². The monoisotopic (exact) mass is 242 g/mol. The first-order chi connectivity index (χ1) is 8.77. The van der Waals surface area contributed by atoms with Crippen LogP contribution in [0.25, 0.3) is 11.4 Å². The van der Waals surface area contributed by atoms with Gasteiger partial charge >= 0.3 is 0 Å². The summed E-state index contributed by atoms with van der Waals surface area (Å²) in [6.07, 6.45) is 5.04. The lowest BCUT2D eigenvalue weighted by molar-refractivity contribution is 0.510. The molecule has 2 aromatic rings. The smallest absolute Gasteiger partial charge is 0.166 e. The minimum absolute atomic E-state index is 0.537. The summed E-state index contributed by atoms with van der Waals surface area (Å²) in [6, 6.07) is 8.41. The SMILES string of the molecule is Cc1nnc(-c2ccccc2N)n1C1CCCC1. The lowest BCUT2D eigenvalue weighted by atomic mass is 10.1. The Hall–Kier alpha value is -1.84. The highest BCUT2D eigenvalue weighted by Gasteiger charge is 2.23. The van der Waals surface area contributed by atoms with Gasteiger partial charge in [0.05, 0.1) is 0 Å². The van der Waals surface area contributed by atoms with Crippen LogP contribution in [-0.4, -0.2) is 14.8 Å². The van der Waals surface area contributed by atoms with E-state index in [9.17, 15) is 0 Å². The van der Waals surface area contributed by atoms with Crippen LogP contribution in [-0.2, 0) is 0 Å². The van der Waals surface area contributed by atoms with Crippen molar-refractivity contribution in [2.24, 2.45) is 0 Å². The molecule has 1 fully saturated rings. The highest BCUT2D eigenvalue weighted by atomic mass is 15.3. The van der Waals surface area contributed by atoms with E-state index < -0.39 is 0 Å². The van der Waals surface area contributed by atoms with Crippen molar-refractivity contribution in [3.63, 3.8) is 0 Å². The Morgan fingerprint density at radius 1 is 1.17 bits per heavy atom. The summed E-state index contributed by atoms with van der Waals surface area (Å²) in [4.78, 5) is 0. The van der Waals surface area contributed by atoms with Crippen molar-refractivity contribution >= 4 is 5.69 Å². The Labute approximate surface area is 107 Å². The van der Waals surface area contributed by atoms with E-state index in [4.69, 9.17) is 5.73 Å². The van der Waals surface area contributed by atoms with Gasteiger partial charge in [0.1, 0.15) is 5.82 Å². The van der Waals surface area contributed by atoms with Crippen molar-refractivity contribution in [2.45, 2.75) is 38.6 Å². The summed E-state index contributed by atoms with van der Waals surface area (Å²) in [6.45, 7) is 2.02. The molecule has 1 aromatic carbocycles. The van der Waals surface area contributed by atoms with Gasteiger partial charge in [0.15, 0.2) is 5.82 Å². The molecule has 1 aromatic heterocycles. The summed E-state index contributed by atoms with van der Waals surface area (Å²) < 4.78 is 2.26. The molecule has 0 bridgehead atoms. The zero-order valence-electron chi connectivity index (χ0n) is 10.6. The highest BCUT2D eigenvalue weighted by Crippen LogP contribution is 2.35. The highest BCUT2D eigenvalue weighted by molar-refractivity contribution is 5.71. The van der Waals surface area contributed by atoms with Crippen LogP contribution in [0.5, 0.6) is 0 Å². The number of hydrogen-bond donors (Lipinski definition) is 1. The second-order valence-corrected chi connectivity index (χ2v) is 4.97. The Morgan fingerprint density at radius 3 is 2.61 bits per heavy atom. The van der Waals surface area contributed by atoms with Crippen LogP contribution in [0.1, 0.15) is 37.5 Å². The molecule has 4 nitrogen and oxygen atoms in total. The normalized spacial score (nSPS) is 16.3. The van der Waals surface area contributed by atoms with Crippen LogP contribution in [0.2, 0.25) is 0 Å². The van der Waals surface area contributed by atoms with E-state index >= 15 is 0 Å². The fourth-order valence-electron chi connectivity index (χ4n) is 2.85. The first kappa shape index (κ1) is 11.3. The number of nitrogens with two attached hydrogens (primary N) is 1. The number of benzene rings is 1. The molecule has 0 radical (unpaired) electrons. The largest absolute Gasteiger partial charge is 0.398 e. The van der Waals surface area contributed by atoms with Gasteiger partial charge in [0.25, 0.3) is 0 Å². The molecule has 0 aliphatic heterocycles. The number of hydrogen-bond acceptors (Lipinski definition) is 3. The standard InChI is InChI=1S/C14H18N4/c1-10-16-17-14(12-8-4-5-9-13(12)15)18(10)11-6-2-3-7-11/h4-5,8-9,11H,2-3,6-7,15H2,1H3. The Bertz CT molecular complexity index is 553. The number of rotatable bonds is 2. The van der Waals surface area contributed by atoms with Crippen molar-refractivity contribution in [2.75, 3.05) is 5.73 Å². The first-order valence-electron chi connectivity index (χ1n) is 6.54. The van der Waals surface area contributed by atoms with E-state index in [0.29, 0.717) is 6.04 Å². The van der Waals surface area contributed by atoms with Crippen molar-refractivity contribution in [1.82, 2.24) is 14.8 Å². The first-order valence-corrected chi connectivity index (χ1v) is 6.54. The summed E-state index contributed by atoms with van der Waals surface area (Å²) >= 11 is 0. The molecule has 1 aliphatic rings. The molecule has 94 valence electrons. The number of nitrogen functional groups attached to an aromatic ring is 1. The molecule has 0 amide bonds. The minimum atomic E-state index is 0.537. The van der Waals surface area contributed by atoms with E-state index in [1.165, 1.54) is 25.7 Å². The van der Waals surface area contributed by atoms with Crippen LogP contribution in [0.3, 0.4) is 0 Å². The van der Waals surface area contributed by atoms with Gasteiger partial charge in [0, 0.05) is 17.3 Å². The third kappa shape index (κ3) is 1.78. The third-order valence-electron chi connectivity index (χ3n) is 3.76. The van der Waals surface area contributed by atoms with E-state index in [2.05, 4.69) is 14.8 Å². The molecule has 0 saturated heterocycles. The maximum Gasteiger partial charge on any atom is 0.166 e. The Kier molecular flexibility index (Phi) is 2.78. The van der Waals surface area contributed by atoms with Gasteiger partial charge in [-0.1, -0.05) is 25.0 Å². The predicted molar refractivity (Wildman–Crippen MR) is 72.1 cm³/mol. The van der Waals surface area contributed by atoms with E-state index in [1.54, 1.807) is 0 Å². The lowest BCUT2D eigenvalue weighted by Gasteiger charge is -2.16. The Balaban J connectivity index is 2.10. The van der Waals surface area contributed by atoms with Crippen molar-refractivity contribution < 1.29 is 0 Å². The van der Waals surface area contributed by atoms with Crippen LogP contribution < -0.4 is 5.73 Å². The van der Waals surface area contributed by atoms with Gasteiger partial charge in [-0.15, -0.1) is 10.2 Å². The molecular weight excluding hydrogens is 224 g/mol. The molecule has 0 unspecified atom stereocenters. The van der Waals surface area contributed by atoms with E-state index in [1.807, 2.05) is 31.2 Å². The van der Waals surface area contributed by atoms with Crippen LogP contribution in [0.15, 0.2) is 24.3 Å². The summed E-state index contributed by atoms with van der Waals surface area (Å²) in [5.74, 6) is 1.90. The molecule has 1 heterocycles. The number of anilines is 1. The maximum atomic E-state index is 6.05. The van der Waals surface area contributed by atoms with Crippen LogP contribution in [0, 0.1) is 6.92 Å². The van der Waals surface area contributed by atoms with Gasteiger partial charge in [-0.25, -0.2) is 0 Å². The van der Waals surface area contributed by atoms with Gasteiger partial charge in [-0.3, -0.25) is 0 Å². The topological polar surface area (TPSA) is 56.7 Å². The number of nitrogens with zero attached hydrogens (tertiary/aromatic N) is 3. The number of para-hydroxylation sites is 1. The number of aryl methyl sites for hydroxylation is 1. The summed E-state index contributed by atoms with van der Waals surface area (Å²) in [7, 11) is 0. The average Bonchev–Trinajstić information content (AvgIpc) is 2.98. The summed E-state index contributed by atoms with van der Waals surface area (Å²) in [5, 5.41) is 8.56. The molecule has 0 spiro atoms. The van der Waals surface area contributed by atoms with Gasteiger partial charge in [-0.2, -0.15) is 0 Å². The fourth-order valence-corrected chi connectivity index (χ4v) is 2.85. The predicted octanol–water partition coefficient (Wildman–Crippen LogP) is 2.95. The molecule has 2 N–H and O–H groups in total. The number of aromatic nitrogens is 3. The lowest BCUT2D eigenvalue weighted by Crippen LogP contribution is -2.09. The molecule has 1 saturated carbocycles. The van der Waals surface area contributed by atoms with E-state index in [-0.39, 0.29) is 0 Å². The second-order valence-electron chi connectivity index (χ2n) is 4.97. The van der Waals surface area contributed by atoms with Crippen molar-refractivity contribution in [3.05, 3.63) is 30.1 Å². The van der Waals surface area contributed by atoms with Crippen molar-refractivity contribution in [1.29, 1.82) is 0 Å². The minimum Gasteiger partial charge on any atom is -0.398 e. The second kappa shape index (κ2) is 4.44. The average molecular weight is 242 g/mol. The maximum absolute atomic E-state index is 6.05. The molecule has 18 heavy (non-hydrogen) atoms. The Morgan fingerprint density at radius 2 is 1.89 bits per heavy atom. The molecular formula is C14H18N4. The van der Waals surface area contributed by atoms with Crippen LogP contribution in [0.4, 0.5) is 5.69 Å². The summed E-state index contributed by atoms with van der Waals surface area (Å²) in [5.41, 5.74) is 7.81. The van der Waals surface area contributed by atoms with E-state index in [0.717, 1.165) is 22.9 Å². The zero-order valence-corrected chi connectivity index (χ0v) is 10.6. The molecule has 1 aliphatic carbocycles. The zero-order chi connectivity index (χ0) is 12.5. The fraction of sp³-hybridized carbons (Fsp3) is 0.429. The van der Waals surface area contributed by atoms with Crippen molar-refractivity contribution in [3.8, 4) is 11.4 Å². The molecule has 4 heteroatoms. The van der Waals surface area contributed by atoms with Crippen LogP contribution >= 0.6 is 0 Å².